The summed E-state index contributed by atoms with van der Waals surface area (Å²) in [5.74, 6) is -0.865. The van der Waals surface area contributed by atoms with Crippen molar-refractivity contribution in [3.63, 3.8) is 0 Å². The summed E-state index contributed by atoms with van der Waals surface area (Å²) in [5.41, 5.74) is 1.23. The minimum absolute atomic E-state index is 0.0198. The number of carbonyl (C=O) groups is 2. The molecule has 3 rings (SSSR count). The zero-order chi connectivity index (χ0) is 22.7. The molecule has 2 aromatic rings. The van der Waals surface area contributed by atoms with E-state index in [1.54, 1.807) is 48.5 Å². The molecule has 0 saturated carbocycles. The Labute approximate surface area is 187 Å². The first-order chi connectivity index (χ1) is 14.7. The Morgan fingerprint density at radius 2 is 1.71 bits per heavy atom. The van der Waals surface area contributed by atoms with Gasteiger partial charge in [0.15, 0.2) is 0 Å². The Morgan fingerprint density at radius 3 is 2.26 bits per heavy atom. The molecule has 1 N–H and O–H groups in total. The lowest BCUT2D eigenvalue weighted by molar-refractivity contribution is -0.140. The molecule has 1 fully saturated rings. The number of hydrogen-bond donors (Lipinski definition) is 1. The van der Waals surface area contributed by atoms with E-state index in [1.165, 1.54) is 4.90 Å². The number of Topliss-reactive ketones (excluding diaryl/α,β-unsaturated/α-hetero) is 1. The number of benzene rings is 2. The third kappa shape index (κ3) is 5.09. The molecule has 0 spiro atoms. The lowest BCUT2D eigenvalue weighted by Gasteiger charge is -2.26. The minimum Gasteiger partial charge on any atom is -0.507 e. The predicted molar refractivity (Wildman–Crippen MR) is 121 cm³/mol. The van der Waals surface area contributed by atoms with Gasteiger partial charge in [-0.05, 0) is 69.9 Å². The van der Waals surface area contributed by atoms with Gasteiger partial charge >= 0.3 is 0 Å². The SMILES string of the molecule is CC(C)Oc1ccc(C(O)=C2C(=O)C(=O)N(CCN(C)C)[C@@H]2c2ccc(Cl)cc2)cc1. The van der Waals surface area contributed by atoms with E-state index in [0.29, 0.717) is 35.0 Å². The third-order valence-corrected chi connectivity index (χ3v) is 5.27. The zero-order valence-corrected chi connectivity index (χ0v) is 18.9. The van der Waals surface area contributed by atoms with Crippen LogP contribution in [-0.2, 0) is 9.59 Å². The van der Waals surface area contributed by atoms with Gasteiger partial charge in [0.25, 0.3) is 11.7 Å². The van der Waals surface area contributed by atoms with Crippen LogP contribution >= 0.6 is 11.6 Å². The minimum atomic E-state index is -0.696. The number of amides is 1. The number of ketones is 1. The second-order valence-electron chi connectivity index (χ2n) is 8.04. The molecule has 0 radical (unpaired) electrons. The molecule has 1 aliphatic rings. The smallest absolute Gasteiger partial charge is 0.295 e. The van der Waals surface area contributed by atoms with Gasteiger partial charge in [0.05, 0.1) is 17.7 Å². The van der Waals surface area contributed by atoms with Crippen molar-refractivity contribution in [3.05, 3.63) is 70.3 Å². The summed E-state index contributed by atoms with van der Waals surface area (Å²) in [6, 6.07) is 13.1. The van der Waals surface area contributed by atoms with Gasteiger partial charge in [0.1, 0.15) is 11.5 Å². The average molecular weight is 443 g/mol. The quantitative estimate of drug-likeness (QED) is 0.397. The first kappa shape index (κ1) is 22.8. The molecule has 164 valence electrons. The fraction of sp³-hybridized carbons (Fsp3) is 0.333. The van der Waals surface area contributed by atoms with E-state index in [1.807, 2.05) is 32.8 Å². The van der Waals surface area contributed by atoms with Crippen molar-refractivity contribution in [2.75, 3.05) is 27.2 Å². The van der Waals surface area contributed by atoms with E-state index in [4.69, 9.17) is 16.3 Å². The van der Waals surface area contributed by atoms with E-state index in [9.17, 15) is 14.7 Å². The average Bonchev–Trinajstić information content (AvgIpc) is 2.97. The van der Waals surface area contributed by atoms with Crippen LogP contribution in [0.1, 0.15) is 31.0 Å². The Kier molecular flexibility index (Phi) is 7.03. The zero-order valence-electron chi connectivity index (χ0n) is 18.1. The second-order valence-corrected chi connectivity index (χ2v) is 8.47. The number of ether oxygens (including phenoxy) is 1. The molecule has 1 heterocycles. The molecule has 7 heteroatoms. The number of aliphatic hydroxyl groups excluding tert-OH is 1. The van der Waals surface area contributed by atoms with Crippen molar-refractivity contribution < 1.29 is 19.4 Å². The lowest BCUT2D eigenvalue weighted by Crippen LogP contribution is -2.35. The van der Waals surface area contributed by atoms with Crippen LogP contribution in [-0.4, -0.2) is 59.9 Å². The molecule has 0 aromatic heterocycles. The van der Waals surface area contributed by atoms with Crippen molar-refractivity contribution >= 4 is 29.1 Å². The summed E-state index contributed by atoms with van der Waals surface area (Å²) < 4.78 is 5.64. The maximum atomic E-state index is 13.0. The van der Waals surface area contributed by atoms with Crippen LogP contribution in [0.15, 0.2) is 54.1 Å². The molecule has 6 nitrogen and oxygen atoms in total. The monoisotopic (exact) mass is 442 g/mol. The number of aliphatic hydroxyl groups is 1. The fourth-order valence-corrected chi connectivity index (χ4v) is 3.66. The Balaban J connectivity index is 2.06. The van der Waals surface area contributed by atoms with Crippen LogP contribution in [0, 0.1) is 0 Å². The van der Waals surface area contributed by atoms with E-state index in [2.05, 4.69) is 0 Å². The molecule has 0 aliphatic carbocycles. The molecule has 2 aromatic carbocycles. The van der Waals surface area contributed by atoms with Gasteiger partial charge in [-0.1, -0.05) is 23.7 Å². The van der Waals surface area contributed by atoms with Crippen LogP contribution < -0.4 is 4.74 Å². The number of rotatable bonds is 7. The highest BCUT2D eigenvalue weighted by molar-refractivity contribution is 6.46. The van der Waals surface area contributed by atoms with E-state index in [0.717, 1.165) is 0 Å². The molecule has 1 atom stereocenters. The number of nitrogens with zero attached hydrogens (tertiary/aromatic N) is 2. The van der Waals surface area contributed by atoms with Crippen LogP contribution in [0.5, 0.6) is 5.75 Å². The topological polar surface area (TPSA) is 70.1 Å². The summed E-state index contributed by atoms with van der Waals surface area (Å²) in [7, 11) is 3.79. The van der Waals surface area contributed by atoms with Gasteiger partial charge in [-0.15, -0.1) is 0 Å². The molecular formula is C24H27ClN2O4. The summed E-state index contributed by atoms with van der Waals surface area (Å²) >= 11 is 6.03. The summed E-state index contributed by atoms with van der Waals surface area (Å²) in [4.78, 5) is 29.3. The number of halogens is 1. The van der Waals surface area contributed by atoms with Crippen LogP contribution in [0.4, 0.5) is 0 Å². The van der Waals surface area contributed by atoms with Crippen LogP contribution in [0.2, 0.25) is 5.02 Å². The normalized spacial score (nSPS) is 18.3. The highest BCUT2D eigenvalue weighted by Gasteiger charge is 2.45. The molecule has 31 heavy (non-hydrogen) atoms. The number of likely N-dealkylation sites (tertiary alicyclic amines) is 1. The first-order valence-electron chi connectivity index (χ1n) is 10.1. The van der Waals surface area contributed by atoms with Gasteiger partial charge in [-0.25, -0.2) is 0 Å². The van der Waals surface area contributed by atoms with Gasteiger partial charge in [-0.2, -0.15) is 0 Å². The molecule has 0 unspecified atom stereocenters. The van der Waals surface area contributed by atoms with E-state index < -0.39 is 17.7 Å². The van der Waals surface area contributed by atoms with Gasteiger partial charge in [-0.3, -0.25) is 9.59 Å². The Bertz CT molecular complexity index is 982. The summed E-state index contributed by atoms with van der Waals surface area (Å²) in [6.45, 7) is 4.78. The third-order valence-electron chi connectivity index (χ3n) is 5.01. The Hall–Kier alpha value is -2.83. The highest BCUT2D eigenvalue weighted by atomic mass is 35.5. The Morgan fingerprint density at radius 1 is 1.10 bits per heavy atom. The molecule has 1 aliphatic heterocycles. The van der Waals surface area contributed by atoms with Gasteiger partial charge < -0.3 is 19.6 Å². The van der Waals surface area contributed by atoms with Crippen LogP contribution in [0.3, 0.4) is 0 Å². The first-order valence-corrected chi connectivity index (χ1v) is 10.5. The summed E-state index contributed by atoms with van der Waals surface area (Å²) in [5, 5.41) is 11.6. The molecule has 1 saturated heterocycles. The maximum Gasteiger partial charge on any atom is 0.295 e. The van der Waals surface area contributed by atoms with E-state index in [-0.39, 0.29) is 17.4 Å². The van der Waals surface area contributed by atoms with E-state index >= 15 is 0 Å². The van der Waals surface area contributed by atoms with Crippen molar-refractivity contribution in [3.8, 4) is 5.75 Å². The van der Waals surface area contributed by atoms with Gasteiger partial charge in [0.2, 0.25) is 0 Å². The number of hydrogen-bond acceptors (Lipinski definition) is 5. The summed E-state index contributed by atoms with van der Waals surface area (Å²) in [6.07, 6.45) is 0.0198. The molecule has 1 amide bonds. The lowest BCUT2D eigenvalue weighted by atomic mass is 9.95. The standard InChI is InChI=1S/C24H27ClN2O4/c1-15(2)31-19-11-7-17(8-12-19)22(28)20-21(16-5-9-18(25)10-6-16)27(14-13-26(3)4)24(30)23(20)29/h5-12,15,21,28H,13-14H2,1-4H3/t21-/m1/s1. The molecule has 0 bridgehead atoms. The number of likely N-dealkylation sites (N-methyl/N-ethyl adjacent to an activating group) is 1. The van der Waals surface area contributed by atoms with Crippen molar-refractivity contribution in [2.45, 2.75) is 26.0 Å². The van der Waals surface area contributed by atoms with Crippen molar-refractivity contribution in [2.24, 2.45) is 0 Å². The highest BCUT2D eigenvalue weighted by Crippen LogP contribution is 2.39. The maximum absolute atomic E-state index is 13.0. The van der Waals surface area contributed by atoms with Crippen molar-refractivity contribution in [1.29, 1.82) is 0 Å². The molecular weight excluding hydrogens is 416 g/mol. The number of carbonyl (C=O) groups excluding carboxylic acids is 2. The van der Waals surface area contributed by atoms with Crippen molar-refractivity contribution in [1.82, 2.24) is 9.80 Å². The van der Waals surface area contributed by atoms with Gasteiger partial charge in [0, 0.05) is 23.7 Å². The second kappa shape index (κ2) is 9.54. The van der Waals surface area contributed by atoms with Crippen LogP contribution in [0.25, 0.3) is 5.76 Å². The fourth-order valence-electron chi connectivity index (χ4n) is 3.53. The largest absolute Gasteiger partial charge is 0.507 e. The predicted octanol–water partition coefficient (Wildman–Crippen LogP) is 4.11.